The van der Waals surface area contributed by atoms with Gasteiger partial charge in [-0.3, -0.25) is 4.79 Å². The van der Waals surface area contributed by atoms with Gasteiger partial charge in [0.05, 0.1) is 12.2 Å². The van der Waals surface area contributed by atoms with Crippen LogP contribution in [0.2, 0.25) is 0 Å². The van der Waals surface area contributed by atoms with Crippen molar-refractivity contribution in [2.45, 2.75) is 26.3 Å². The first kappa shape index (κ1) is 17.5. The lowest BCUT2D eigenvalue weighted by atomic mass is 10.1. The highest BCUT2D eigenvalue weighted by Gasteiger charge is 2.05. The molecule has 2 N–H and O–H groups in total. The molecular formula is C19H21NO4. The van der Waals surface area contributed by atoms with Crippen LogP contribution in [0.3, 0.4) is 0 Å². The number of amides is 1. The van der Waals surface area contributed by atoms with E-state index in [1.165, 1.54) is 11.6 Å². The molecule has 0 unspecified atom stereocenters. The fourth-order valence-corrected chi connectivity index (χ4v) is 2.16. The molecular weight excluding hydrogens is 306 g/mol. The van der Waals surface area contributed by atoms with Crippen molar-refractivity contribution in [2.24, 2.45) is 0 Å². The fourth-order valence-electron chi connectivity index (χ4n) is 2.16. The fraction of sp³-hybridized carbons (Fsp3) is 0.263. The van der Waals surface area contributed by atoms with Crippen LogP contribution < -0.4 is 10.1 Å². The molecule has 0 atom stereocenters. The van der Waals surface area contributed by atoms with Gasteiger partial charge in [-0.2, -0.15) is 0 Å². The molecule has 126 valence electrons. The van der Waals surface area contributed by atoms with E-state index in [0.717, 1.165) is 11.3 Å². The molecule has 0 bridgehead atoms. The predicted molar refractivity (Wildman–Crippen MR) is 91.2 cm³/mol. The molecule has 0 spiro atoms. The topological polar surface area (TPSA) is 75.6 Å². The number of aryl methyl sites for hydroxylation is 1. The highest BCUT2D eigenvalue weighted by atomic mass is 16.5. The third-order valence-corrected chi connectivity index (χ3v) is 3.50. The molecule has 0 fully saturated rings. The standard InChI is InChI=1S/C19H21NO4/c1-14-7-9-17(10-8-14)24-11-3-6-18(21)20-13-15-4-2-5-16(12-15)19(22)23/h2,4-5,7-10,12H,3,6,11,13H2,1H3,(H,20,21)(H,22,23). The Morgan fingerprint density at radius 3 is 2.58 bits per heavy atom. The molecule has 0 radical (unpaired) electrons. The third kappa shape index (κ3) is 5.76. The Morgan fingerprint density at radius 2 is 1.88 bits per heavy atom. The van der Waals surface area contributed by atoms with E-state index in [2.05, 4.69) is 5.32 Å². The normalized spacial score (nSPS) is 10.2. The molecule has 2 rings (SSSR count). The first-order valence-electron chi connectivity index (χ1n) is 7.83. The number of carboxylic acid groups (broad SMARTS) is 1. The molecule has 2 aromatic carbocycles. The van der Waals surface area contributed by atoms with E-state index < -0.39 is 5.97 Å². The number of hydrogen-bond donors (Lipinski definition) is 2. The highest BCUT2D eigenvalue weighted by Crippen LogP contribution is 2.11. The molecule has 1 amide bonds. The van der Waals surface area contributed by atoms with Crippen LogP contribution in [0.1, 0.15) is 34.3 Å². The second-order valence-electron chi connectivity index (χ2n) is 5.55. The van der Waals surface area contributed by atoms with Crippen molar-refractivity contribution < 1.29 is 19.4 Å². The summed E-state index contributed by atoms with van der Waals surface area (Å²) in [6, 6.07) is 14.3. The Bertz CT molecular complexity index is 695. The third-order valence-electron chi connectivity index (χ3n) is 3.50. The number of carbonyl (C=O) groups excluding carboxylic acids is 1. The number of benzene rings is 2. The average molecular weight is 327 g/mol. The van der Waals surface area contributed by atoms with Crippen molar-refractivity contribution in [3.63, 3.8) is 0 Å². The molecule has 0 heterocycles. The van der Waals surface area contributed by atoms with Crippen LogP contribution in [-0.2, 0) is 11.3 Å². The van der Waals surface area contributed by atoms with Gasteiger partial charge in [-0.25, -0.2) is 4.79 Å². The van der Waals surface area contributed by atoms with E-state index in [9.17, 15) is 9.59 Å². The molecule has 5 nitrogen and oxygen atoms in total. The van der Waals surface area contributed by atoms with Crippen molar-refractivity contribution in [3.05, 3.63) is 65.2 Å². The summed E-state index contributed by atoms with van der Waals surface area (Å²) in [6.45, 7) is 2.81. The minimum absolute atomic E-state index is 0.0803. The van der Waals surface area contributed by atoms with Gasteiger partial charge < -0.3 is 15.2 Å². The summed E-state index contributed by atoms with van der Waals surface area (Å²) in [5.74, 6) is -0.258. The van der Waals surface area contributed by atoms with E-state index >= 15 is 0 Å². The predicted octanol–water partition coefficient (Wildman–Crippen LogP) is 3.17. The van der Waals surface area contributed by atoms with Gasteiger partial charge in [-0.15, -0.1) is 0 Å². The molecule has 0 saturated carbocycles. The van der Waals surface area contributed by atoms with Crippen molar-refractivity contribution in [2.75, 3.05) is 6.61 Å². The molecule has 0 aliphatic carbocycles. The Hall–Kier alpha value is -2.82. The van der Waals surface area contributed by atoms with Crippen LogP contribution in [0.15, 0.2) is 48.5 Å². The second-order valence-corrected chi connectivity index (χ2v) is 5.55. The maximum atomic E-state index is 11.8. The number of ether oxygens (including phenoxy) is 1. The zero-order valence-electron chi connectivity index (χ0n) is 13.6. The van der Waals surface area contributed by atoms with Gasteiger partial charge in [0.1, 0.15) is 5.75 Å². The van der Waals surface area contributed by atoms with Crippen LogP contribution >= 0.6 is 0 Å². The summed E-state index contributed by atoms with van der Waals surface area (Å²) in [5.41, 5.74) is 2.15. The zero-order chi connectivity index (χ0) is 17.4. The number of aromatic carboxylic acids is 1. The number of carbonyl (C=O) groups is 2. The molecule has 0 aliphatic rings. The van der Waals surface area contributed by atoms with Crippen LogP contribution in [0.25, 0.3) is 0 Å². The summed E-state index contributed by atoms with van der Waals surface area (Å²) in [6.07, 6.45) is 0.985. The van der Waals surface area contributed by atoms with Gasteiger partial charge in [0, 0.05) is 13.0 Å². The lowest BCUT2D eigenvalue weighted by Crippen LogP contribution is -2.23. The van der Waals surface area contributed by atoms with Crippen LogP contribution in [0.4, 0.5) is 0 Å². The second kappa shape index (κ2) is 8.72. The van der Waals surface area contributed by atoms with Gasteiger partial charge in [0.15, 0.2) is 0 Å². The monoisotopic (exact) mass is 327 g/mol. The number of nitrogens with one attached hydrogen (secondary N) is 1. The minimum Gasteiger partial charge on any atom is -0.494 e. The van der Waals surface area contributed by atoms with E-state index in [4.69, 9.17) is 9.84 Å². The maximum Gasteiger partial charge on any atom is 0.335 e. The Morgan fingerprint density at radius 1 is 1.12 bits per heavy atom. The summed E-state index contributed by atoms with van der Waals surface area (Å²) in [5, 5.41) is 11.7. The first-order valence-corrected chi connectivity index (χ1v) is 7.83. The highest BCUT2D eigenvalue weighted by molar-refractivity contribution is 5.87. The Kier molecular flexibility index (Phi) is 6.37. The molecule has 0 aromatic heterocycles. The molecule has 0 aliphatic heterocycles. The van der Waals surface area contributed by atoms with Gasteiger partial charge in [0.25, 0.3) is 0 Å². The van der Waals surface area contributed by atoms with E-state index in [-0.39, 0.29) is 11.5 Å². The largest absolute Gasteiger partial charge is 0.494 e. The minimum atomic E-state index is -0.976. The van der Waals surface area contributed by atoms with E-state index in [1.807, 2.05) is 31.2 Å². The van der Waals surface area contributed by atoms with Gasteiger partial charge in [-0.1, -0.05) is 29.8 Å². The summed E-state index contributed by atoms with van der Waals surface area (Å²) >= 11 is 0. The number of hydrogen-bond acceptors (Lipinski definition) is 3. The smallest absolute Gasteiger partial charge is 0.335 e. The van der Waals surface area contributed by atoms with Crippen LogP contribution in [-0.4, -0.2) is 23.6 Å². The number of carboxylic acids is 1. The summed E-state index contributed by atoms with van der Waals surface area (Å²) in [4.78, 5) is 22.7. The lowest BCUT2D eigenvalue weighted by Gasteiger charge is -2.08. The Labute approximate surface area is 141 Å². The van der Waals surface area contributed by atoms with Crippen molar-refractivity contribution >= 4 is 11.9 Å². The van der Waals surface area contributed by atoms with Crippen LogP contribution in [0, 0.1) is 6.92 Å². The molecule has 2 aromatic rings. The van der Waals surface area contributed by atoms with Crippen molar-refractivity contribution in [1.29, 1.82) is 0 Å². The van der Waals surface area contributed by atoms with Crippen molar-refractivity contribution in [3.8, 4) is 5.75 Å². The molecule has 24 heavy (non-hydrogen) atoms. The zero-order valence-corrected chi connectivity index (χ0v) is 13.6. The van der Waals surface area contributed by atoms with Crippen LogP contribution in [0.5, 0.6) is 5.75 Å². The van der Waals surface area contributed by atoms with Gasteiger partial charge >= 0.3 is 5.97 Å². The van der Waals surface area contributed by atoms with E-state index in [0.29, 0.717) is 26.0 Å². The van der Waals surface area contributed by atoms with Gasteiger partial charge in [-0.05, 0) is 43.2 Å². The van der Waals surface area contributed by atoms with Gasteiger partial charge in [0.2, 0.25) is 5.91 Å². The first-order chi connectivity index (χ1) is 11.5. The SMILES string of the molecule is Cc1ccc(OCCCC(=O)NCc2cccc(C(=O)O)c2)cc1. The maximum absolute atomic E-state index is 11.8. The summed E-state index contributed by atoms with van der Waals surface area (Å²) < 4.78 is 5.57. The summed E-state index contributed by atoms with van der Waals surface area (Å²) in [7, 11) is 0. The Balaban J connectivity index is 1.67. The quantitative estimate of drug-likeness (QED) is 0.730. The van der Waals surface area contributed by atoms with E-state index in [1.54, 1.807) is 18.2 Å². The van der Waals surface area contributed by atoms with Crippen molar-refractivity contribution in [1.82, 2.24) is 5.32 Å². The molecule has 5 heteroatoms. The number of rotatable bonds is 8. The lowest BCUT2D eigenvalue weighted by molar-refractivity contribution is -0.121. The molecule has 0 saturated heterocycles. The average Bonchev–Trinajstić information content (AvgIpc) is 2.58.